The van der Waals surface area contributed by atoms with E-state index in [1.807, 2.05) is 0 Å². The fourth-order valence-electron chi connectivity index (χ4n) is 1.85. The molecule has 5 heteroatoms. The van der Waals surface area contributed by atoms with E-state index in [2.05, 4.69) is 11.8 Å². The molecule has 0 atom stereocenters. The van der Waals surface area contributed by atoms with Crippen LogP contribution in [0.4, 0.5) is 4.39 Å². The molecule has 0 bridgehead atoms. The maximum atomic E-state index is 13.8. The van der Waals surface area contributed by atoms with Crippen molar-refractivity contribution >= 4 is 5.91 Å². The van der Waals surface area contributed by atoms with Gasteiger partial charge >= 0.3 is 0 Å². The van der Waals surface area contributed by atoms with E-state index in [0.29, 0.717) is 12.0 Å². The number of halogens is 1. The molecule has 0 radical (unpaired) electrons. The van der Waals surface area contributed by atoms with Crippen molar-refractivity contribution in [1.82, 2.24) is 4.90 Å². The first kappa shape index (κ1) is 17.2. The van der Waals surface area contributed by atoms with Gasteiger partial charge < -0.3 is 15.1 Å². The molecule has 0 aliphatic rings. The Morgan fingerprint density at radius 2 is 2.10 bits per heavy atom. The molecule has 1 rings (SSSR count). The molecule has 0 aromatic heterocycles. The summed E-state index contributed by atoms with van der Waals surface area (Å²) in [6, 6.07) is 4.05. The first-order valence-corrected chi connectivity index (χ1v) is 6.62. The molecule has 0 aliphatic carbocycles. The van der Waals surface area contributed by atoms with Crippen molar-refractivity contribution in [3.8, 4) is 11.8 Å². The molecule has 0 saturated carbocycles. The van der Waals surface area contributed by atoms with Gasteiger partial charge in [-0.2, -0.15) is 0 Å². The highest BCUT2D eigenvalue weighted by Gasteiger charge is 2.22. The zero-order valence-corrected chi connectivity index (χ0v) is 12.5. The van der Waals surface area contributed by atoms with E-state index in [4.69, 9.17) is 5.11 Å². The van der Waals surface area contributed by atoms with Gasteiger partial charge in [0.15, 0.2) is 0 Å². The first-order valence-electron chi connectivity index (χ1n) is 6.62. The summed E-state index contributed by atoms with van der Waals surface area (Å²) in [6.07, 6.45) is 0.319. The predicted octanol–water partition coefficient (Wildman–Crippen LogP) is 1.40. The molecule has 1 aromatic rings. The Morgan fingerprint density at radius 1 is 1.43 bits per heavy atom. The van der Waals surface area contributed by atoms with Crippen LogP contribution in [-0.4, -0.2) is 46.8 Å². The van der Waals surface area contributed by atoms with Crippen molar-refractivity contribution in [2.45, 2.75) is 25.9 Å². The van der Waals surface area contributed by atoms with E-state index < -0.39 is 17.3 Å². The van der Waals surface area contributed by atoms with Crippen LogP contribution in [-0.2, 0) is 0 Å². The molecule has 0 aliphatic heterocycles. The van der Waals surface area contributed by atoms with Gasteiger partial charge in [0.1, 0.15) is 5.82 Å². The van der Waals surface area contributed by atoms with Crippen LogP contribution in [0, 0.1) is 17.7 Å². The number of amides is 1. The van der Waals surface area contributed by atoms with E-state index in [9.17, 15) is 14.3 Å². The van der Waals surface area contributed by atoms with Crippen LogP contribution in [0.25, 0.3) is 0 Å². The number of hydrogen-bond donors (Lipinski definition) is 2. The number of rotatable bonds is 4. The Hall–Kier alpha value is -1.90. The Balaban J connectivity index is 2.99. The summed E-state index contributed by atoms with van der Waals surface area (Å²) in [6.45, 7) is 3.19. The van der Waals surface area contributed by atoms with Gasteiger partial charge in [-0.05, 0) is 32.0 Å². The number of benzene rings is 1. The molecule has 0 heterocycles. The number of carbonyl (C=O) groups is 1. The zero-order valence-electron chi connectivity index (χ0n) is 12.5. The van der Waals surface area contributed by atoms with Crippen LogP contribution in [0.15, 0.2) is 18.2 Å². The van der Waals surface area contributed by atoms with Crippen LogP contribution >= 0.6 is 0 Å². The maximum Gasteiger partial charge on any atom is 0.256 e. The van der Waals surface area contributed by atoms with Gasteiger partial charge in [0, 0.05) is 25.6 Å². The van der Waals surface area contributed by atoms with Crippen molar-refractivity contribution in [1.29, 1.82) is 0 Å². The minimum atomic E-state index is -1.06. The average Bonchev–Trinajstić information content (AvgIpc) is 2.38. The summed E-state index contributed by atoms with van der Waals surface area (Å²) in [7, 11) is 1.50. The molecule has 1 aromatic carbocycles. The SMILES string of the molecule is CN(CC(C)(C)O)C(=O)c1cc(C#CCCO)ccc1F. The third-order valence-corrected chi connectivity index (χ3v) is 2.64. The number of nitrogens with zero attached hydrogens (tertiary/aromatic N) is 1. The molecular formula is C16H20FNO3. The molecule has 0 fully saturated rings. The standard InChI is InChI=1S/C16H20FNO3/c1-16(2,21)11-18(3)15(20)13-10-12(6-4-5-9-19)7-8-14(13)17/h7-8,10,19,21H,5,9,11H2,1-3H3. The average molecular weight is 293 g/mol. The van der Waals surface area contributed by atoms with Gasteiger partial charge in [0.2, 0.25) is 0 Å². The lowest BCUT2D eigenvalue weighted by atomic mass is 10.1. The van der Waals surface area contributed by atoms with Crippen LogP contribution in [0.5, 0.6) is 0 Å². The van der Waals surface area contributed by atoms with Gasteiger partial charge in [-0.25, -0.2) is 4.39 Å². The fourth-order valence-corrected chi connectivity index (χ4v) is 1.85. The highest BCUT2D eigenvalue weighted by atomic mass is 19.1. The number of aliphatic hydroxyl groups is 2. The van der Waals surface area contributed by atoms with Crippen LogP contribution in [0.3, 0.4) is 0 Å². The smallest absolute Gasteiger partial charge is 0.256 e. The highest BCUT2D eigenvalue weighted by molar-refractivity contribution is 5.94. The zero-order chi connectivity index (χ0) is 16.0. The van der Waals surface area contributed by atoms with Crippen LogP contribution in [0.2, 0.25) is 0 Å². The molecule has 114 valence electrons. The lowest BCUT2D eigenvalue weighted by Gasteiger charge is -2.25. The van der Waals surface area contributed by atoms with Crippen molar-refractivity contribution in [2.24, 2.45) is 0 Å². The quantitative estimate of drug-likeness (QED) is 0.825. The second kappa shape index (κ2) is 7.21. The van der Waals surface area contributed by atoms with Gasteiger partial charge in [0.05, 0.1) is 17.8 Å². The summed E-state index contributed by atoms with van der Waals surface area (Å²) in [5.41, 5.74) is -0.637. The van der Waals surface area contributed by atoms with Crippen molar-refractivity contribution in [3.05, 3.63) is 35.1 Å². The minimum absolute atomic E-state index is 0.0473. The first-order chi connectivity index (χ1) is 9.74. The summed E-state index contributed by atoms with van der Waals surface area (Å²) >= 11 is 0. The Labute approximate surface area is 124 Å². The van der Waals surface area contributed by atoms with Crippen molar-refractivity contribution in [3.63, 3.8) is 0 Å². The Kier molecular flexibility index (Phi) is 5.89. The van der Waals surface area contributed by atoms with E-state index in [-0.39, 0.29) is 18.7 Å². The fraction of sp³-hybridized carbons (Fsp3) is 0.438. The Bertz CT molecular complexity index is 567. The summed E-state index contributed by atoms with van der Waals surface area (Å²) in [5.74, 6) is 4.33. The number of hydrogen-bond acceptors (Lipinski definition) is 3. The summed E-state index contributed by atoms with van der Waals surface area (Å²) in [4.78, 5) is 13.5. The van der Waals surface area contributed by atoms with Gasteiger partial charge in [-0.15, -0.1) is 0 Å². The normalized spacial score (nSPS) is 10.8. The van der Waals surface area contributed by atoms with Crippen molar-refractivity contribution in [2.75, 3.05) is 20.2 Å². The van der Waals surface area contributed by atoms with Crippen LogP contribution in [0.1, 0.15) is 36.2 Å². The van der Waals surface area contributed by atoms with Crippen LogP contribution < -0.4 is 0 Å². The third kappa shape index (κ3) is 5.54. The lowest BCUT2D eigenvalue weighted by molar-refractivity contribution is 0.0365. The maximum absolute atomic E-state index is 13.8. The summed E-state index contributed by atoms with van der Waals surface area (Å²) in [5, 5.41) is 18.4. The van der Waals surface area contributed by atoms with E-state index in [0.717, 1.165) is 0 Å². The Morgan fingerprint density at radius 3 is 2.67 bits per heavy atom. The minimum Gasteiger partial charge on any atom is -0.395 e. The van der Waals surface area contributed by atoms with Gasteiger partial charge in [-0.3, -0.25) is 4.79 Å². The predicted molar refractivity (Wildman–Crippen MR) is 78.2 cm³/mol. The number of likely N-dealkylation sites (N-methyl/N-ethyl adjacent to an activating group) is 1. The number of carbonyl (C=O) groups excluding carboxylic acids is 1. The largest absolute Gasteiger partial charge is 0.395 e. The molecule has 21 heavy (non-hydrogen) atoms. The monoisotopic (exact) mass is 293 g/mol. The van der Waals surface area contributed by atoms with Gasteiger partial charge in [0.25, 0.3) is 5.91 Å². The second-order valence-electron chi connectivity index (χ2n) is 5.44. The topological polar surface area (TPSA) is 60.8 Å². The van der Waals surface area contributed by atoms with Gasteiger partial charge in [-0.1, -0.05) is 11.8 Å². The molecule has 0 spiro atoms. The van der Waals surface area contributed by atoms with E-state index in [1.54, 1.807) is 13.8 Å². The lowest BCUT2D eigenvalue weighted by Crippen LogP contribution is -2.40. The molecule has 4 nitrogen and oxygen atoms in total. The third-order valence-electron chi connectivity index (χ3n) is 2.64. The molecule has 2 N–H and O–H groups in total. The van der Waals surface area contributed by atoms with E-state index >= 15 is 0 Å². The molecular weight excluding hydrogens is 273 g/mol. The molecule has 1 amide bonds. The summed E-state index contributed by atoms with van der Waals surface area (Å²) < 4.78 is 13.8. The van der Waals surface area contributed by atoms with E-state index in [1.165, 1.54) is 30.1 Å². The highest BCUT2D eigenvalue weighted by Crippen LogP contribution is 2.14. The number of aliphatic hydroxyl groups excluding tert-OH is 1. The molecule has 0 saturated heterocycles. The second-order valence-corrected chi connectivity index (χ2v) is 5.44. The van der Waals surface area contributed by atoms with Crippen molar-refractivity contribution < 1.29 is 19.4 Å². The molecule has 0 unspecified atom stereocenters.